The van der Waals surface area contributed by atoms with Gasteiger partial charge in [-0.1, -0.05) is 11.6 Å². The number of benzene rings is 1. The Morgan fingerprint density at radius 3 is 2.64 bits per heavy atom. The van der Waals surface area contributed by atoms with Gasteiger partial charge in [-0.05, 0) is 31.0 Å². The topological polar surface area (TPSA) is 74.8 Å². The summed E-state index contributed by atoms with van der Waals surface area (Å²) in [6.07, 6.45) is 1.30. The van der Waals surface area contributed by atoms with E-state index in [1.54, 1.807) is 43.1 Å². The number of rotatable bonds is 4. The molecule has 1 N–H and O–H groups in total. The monoisotopic (exact) mass is 422 g/mol. The van der Waals surface area contributed by atoms with E-state index in [2.05, 4.69) is 10.3 Å². The highest BCUT2D eigenvalue weighted by Gasteiger charge is 2.28. The molecular weight excluding hydrogens is 400 g/mol. The molecule has 2 heterocycles. The number of methoxy groups -OCH3 is 1. The molecule has 0 unspecified atom stereocenters. The van der Waals surface area contributed by atoms with Crippen LogP contribution in [-0.4, -0.2) is 61.0 Å². The smallest absolute Gasteiger partial charge is 0.319 e. The van der Waals surface area contributed by atoms with Crippen molar-refractivity contribution in [3.8, 4) is 17.0 Å². The highest BCUT2D eigenvalue weighted by molar-refractivity contribution is 7.14. The van der Waals surface area contributed by atoms with E-state index in [0.29, 0.717) is 41.8 Å². The van der Waals surface area contributed by atoms with Crippen LogP contribution in [-0.2, 0) is 4.79 Å². The average Bonchev–Trinajstić information content (AvgIpc) is 3.15. The Morgan fingerprint density at radius 2 is 2.04 bits per heavy atom. The van der Waals surface area contributed by atoms with Crippen molar-refractivity contribution in [1.29, 1.82) is 0 Å². The van der Waals surface area contributed by atoms with E-state index >= 15 is 0 Å². The van der Waals surface area contributed by atoms with Gasteiger partial charge in [0.15, 0.2) is 5.13 Å². The fourth-order valence-electron chi connectivity index (χ4n) is 3.11. The molecule has 0 spiro atoms. The van der Waals surface area contributed by atoms with Crippen LogP contribution in [0.25, 0.3) is 11.3 Å². The van der Waals surface area contributed by atoms with Crippen LogP contribution < -0.4 is 10.1 Å². The molecule has 1 aliphatic heterocycles. The van der Waals surface area contributed by atoms with Gasteiger partial charge in [-0.2, -0.15) is 0 Å². The molecule has 7 nitrogen and oxygen atoms in total. The third-order valence-electron chi connectivity index (χ3n) is 4.70. The van der Waals surface area contributed by atoms with E-state index in [1.165, 1.54) is 11.3 Å². The summed E-state index contributed by atoms with van der Waals surface area (Å²) < 4.78 is 5.16. The molecule has 1 saturated heterocycles. The Kier molecular flexibility index (Phi) is 6.41. The predicted octanol–water partition coefficient (Wildman–Crippen LogP) is 3.80. The summed E-state index contributed by atoms with van der Waals surface area (Å²) in [7, 11) is 5.03. The van der Waals surface area contributed by atoms with Crippen molar-refractivity contribution < 1.29 is 14.3 Å². The normalized spacial score (nSPS) is 14.6. The van der Waals surface area contributed by atoms with Gasteiger partial charge in [0.25, 0.3) is 0 Å². The molecule has 3 amide bonds. The van der Waals surface area contributed by atoms with Crippen LogP contribution in [0, 0.1) is 5.92 Å². The van der Waals surface area contributed by atoms with E-state index in [-0.39, 0.29) is 17.9 Å². The Balaban J connectivity index is 1.59. The van der Waals surface area contributed by atoms with E-state index in [9.17, 15) is 9.59 Å². The molecule has 0 aliphatic carbocycles. The van der Waals surface area contributed by atoms with Crippen molar-refractivity contribution in [2.24, 2.45) is 5.92 Å². The van der Waals surface area contributed by atoms with Crippen molar-refractivity contribution in [3.63, 3.8) is 0 Å². The number of likely N-dealkylation sites (tertiary alicyclic amines) is 1. The van der Waals surface area contributed by atoms with Gasteiger partial charge in [-0.15, -0.1) is 11.3 Å². The van der Waals surface area contributed by atoms with Gasteiger partial charge >= 0.3 is 6.03 Å². The van der Waals surface area contributed by atoms with Crippen molar-refractivity contribution in [1.82, 2.24) is 14.8 Å². The van der Waals surface area contributed by atoms with Crippen LogP contribution in [0.3, 0.4) is 0 Å². The fraction of sp³-hybridized carbons (Fsp3) is 0.421. The summed E-state index contributed by atoms with van der Waals surface area (Å²) in [5, 5.41) is 5.85. The predicted molar refractivity (Wildman–Crippen MR) is 111 cm³/mol. The van der Waals surface area contributed by atoms with Gasteiger partial charge in [0.05, 0.1) is 17.8 Å². The lowest BCUT2D eigenvalue weighted by Crippen LogP contribution is -2.45. The molecule has 0 radical (unpaired) electrons. The Morgan fingerprint density at radius 1 is 1.32 bits per heavy atom. The van der Waals surface area contributed by atoms with Crippen LogP contribution in [0.5, 0.6) is 5.75 Å². The Hall–Kier alpha value is -2.32. The first-order valence-corrected chi connectivity index (χ1v) is 10.2. The summed E-state index contributed by atoms with van der Waals surface area (Å²) in [6, 6.07) is 5.45. The number of hydrogen-bond acceptors (Lipinski definition) is 5. The first-order chi connectivity index (χ1) is 13.4. The maximum absolute atomic E-state index is 12.6. The number of thiazole rings is 1. The van der Waals surface area contributed by atoms with Crippen molar-refractivity contribution >= 4 is 40.0 Å². The number of hydrogen-bond donors (Lipinski definition) is 1. The maximum Gasteiger partial charge on any atom is 0.319 e. The molecule has 2 aromatic rings. The van der Waals surface area contributed by atoms with E-state index in [4.69, 9.17) is 16.3 Å². The van der Waals surface area contributed by atoms with Crippen LogP contribution in [0.4, 0.5) is 9.93 Å². The number of urea groups is 1. The van der Waals surface area contributed by atoms with Gasteiger partial charge in [0.2, 0.25) is 5.91 Å². The molecule has 0 bridgehead atoms. The standard InChI is InChI=1S/C19H23ClN4O3S/c1-23(2)19(26)24-8-6-12(7-9-24)17(25)22-18-21-15(11-28-18)13-4-5-16(27-3)14(20)10-13/h4-5,10-12H,6-9H2,1-3H3,(H,21,22,25). The highest BCUT2D eigenvalue weighted by atomic mass is 35.5. The minimum Gasteiger partial charge on any atom is -0.495 e. The zero-order valence-electron chi connectivity index (χ0n) is 16.1. The average molecular weight is 423 g/mol. The lowest BCUT2D eigenvalue weighted by atomic mass is 9.96. The molecule has 1 aliphatic rings. The Labute approximate surface area is 173 Å². The molecule has 0 atom stereocenters. The number of amides is 3. The van der Waals surface area contributed by atoms with Crippen LogP contribution >= 0.6 is 22.9 Å². The Bertz CT molecular complexity index is 863. The minimum atomic E-state index is -0.117. The van der Waals surface area contributed by atoms with Crippen LogP contribution in [0.15, 0.2) is 23.6 Å². The summed E-state index contributed by atoms with van der Waals surface area (Å²) in [6.45, 7) is 1.17. The van der Waals surface area contributed by atoms with Crippen molar-refractivity contribution in [2.75, 3.05) is 39.6 Å². The van der Waals surface area contributed by atoms with Gasteiger partial charge in [0.1, 0.15) is 5.75 Å². The molecular formula is C19H23ClN4O3S. The molecule has 28 heavy (non-hydrogen) atoms. The number of carbonyl (C=O) groups excluding carboxylic acids is 2. The third kappa shape index (κ3) is 4.56. The second-order valence-electron chi connectivity index (χ2n) is 6.81. The quantitative estimate of drug-likeness (QED) is 0.813. The maximum atomic E-state index is 12.6. The number of piperidine rings is 1. The number of anilines is 1. The highest BCUT2D eigenvalue weighted by Crippen LogP contribution is 2.32. The number of aromatic nitrogens is 1. The van der Waals surface area contributed by atoms with Gasteiger partial charge < -0.3 is 19.9 Å². The SMILES string of the molecule is COc1ccc(-c2csc(NC(=O)C3CCN(C(=O)N(C)C)CC3)n2)cc1Cl. The summed E-state index contributed by atoms with van der Waals surface area (Å²) in [5.41, 5.74) is 1.61. The molecule has 1 fully saturated rings. The third-order valence-corrected chi connectivity index (χ3v) is 5.75. The largest absolute Gasteiger partial charge is 0.495 e. The second kappa shape index (κ2) is 8.79. The first kappa shape index (κ1) is 20.4. The fourth-order valence-corrected chi connectivity index (χ4v) is 4.09. The number of carbonyl (C=O) groups is 2. The number of nitrogens with zero attached hydrogens (tertiary/aromatic N) is 3. The minimum absolute atomic E-state index is 0.0124. The summed E-state index contributed by atoms with van der Waals surface area (Å²) in [5.74, 6) is 0.438. The molecule has 0 saturated carbocycles. The van der Waals surface area contributed by atoms with E-state index in [1.807, 2.05) is 11.4 Å². The summed E-state index contributed by atoms with van der Waals surface area (Å²) >= 11 is 7.55. The number of nitrogens with one attached hydrogen (secondary N) is 1. The lowest BCUT2D eigenvalue weighted by molar-refractivity contribution is -0.121. The zero-order chi connectivity index (χ0) is 20.3. The van der Waals surface area contributed by atoms with E-state index < -0.39 is 0 Å². The molecule has 9 heteroatoms. The zero-order valence-corrected chi connectivity index (χ0v) is 17.6. The first-order valence-electron chi connectivity index (χ1n) is 8.95. The van der Waals surface area contributed by atoms with E-state index in [0.717, 1.165) is 11.3 Å². The van der Waals surface area contributed by atoms with Crippen LogP contribution in [0.1, 0.15) is 12.8 Å². The van der Waals surface area contributed by atoms with Gasteiger partial charge in [-0.3, -0.25) is 4.79 Å². The van der Waals surface area contributed by atoms with Crippen molar-refractivity contribution in [2.45, 2.75) is 12.8 Å². The number of halogens is 1. The van der Waals surface area contributed by atoms with Crippen molar-refractivity contribution in [3.05, 3.63) is 28.6 Å². The molecule has 3 rings (SSSR count). The second-order valence-corrected chi connectivity index (χ2v) is 8.08. The van der Waals surface area contributed by atoms with Gasteiger partial charge in [0, 0.05) is 44.0 Å². The van der Waals surface area contributed by atoms with Crippen LogP contribution in [0.2, 0.25) is 5.02 Å². The summed E-state index contributed by atoms with van der Waals surface area (Å²) in [4.78, 5) is 32.4. The molecule has 1 aromatic carbocycles. The molecule has 150 valence electrons. The number of ether oxygens (including phenoxy) is 1. The molecule has 1 aromatic heterocycles. The van der Waals surface area contributed by atoms with Gasteiger partial charge in [-0.25, -0.2) is 9.78 Å². The lowest BCUT2D eigenvalue weighted by Gasteiger charge is -2.32.